The molecular formula is C29H22ClN5O2. The van der Waals surface area contributed by atoms with E-state index in [9.17, 15) is 10.0 Å². The van der Waals surface area contributed by atoms with Gasteiger partial charge in [0.15, 0.2) is 5.65 Å². The fourth-order valence-electron chi connectivity index (χ4n) is 4.44. The van der Waals surface area contributed by atoms with Gasteiger partial charge in [-0.3, -0.25) is 19.6 Å². The highest BCUT2D eigenvalue weighted by Gasteiger charge is 2.19. The molecule has 3 aromatic carbocycles. The minimum atomic E-state index is -0.219. The third kappa shape index (κ3) is 4.14. The zero-order valence-corrected chi connectivity index (χ0v) is 20.6. The Labute approximate surface area is 217 Å². The van der Waals surface area contributed by atoms with Crippen LogP contribution in [0.1, 0.15) is 12.5 Å². The second kappa shape index (κ2) is 9.20. The number of nitrogens with zero attached hydrogens (tertiary/aromatic N) is 5. The average Bonchev–Trinajstić information content (AvgIpc) is 3.36. The Morgan fingerprint density at radius 3 is 2.30 bits per heavy atom. The van der Waals surface area contributed by atoms with Crippen LogP contribution >= 0.6 is 11.6 Å². The van der Waals surface area contributed by atoms with E-state index in [0.29, 0.717) is 27.6 Å². The van der Waals surface area contributed by atoms with Crippen molar-refractivity contribution in [3.63, 3.8) is 0 Å². The van der Waals surface area contributed by atoms with Crippen LogP contribution in [0.4, 0.5) is 0 Å². The Kier molecular flexibility index (Phi) is 5.71. The molecular weight excluding hydrogens is 486 g/mol. The van der Waals surface area contributed by atoms with Gasteiger partial charge in [0.05, 0.1) is 23.6 Å². The first-order valence-corrected chi connectivity index (χ1v) is 12.2. The van der Waals surface area contributed by atoms with Gasteiger partial charge < -0.3 is 0 Å². The Bertz CT molecular complexity index is 1720. The van der Waals surface area contributed by atoms with Gasteiger partial charge in [-0.1, -0.05) is 60.1 Å². The van der Waals surface area contributed by atoms with Crippen molar-refractivity contribution in [2.75, 3.05) is 0 Å². The molecule has 37 heavy (non-hydrogen) atoms. The van der Waals surface area contributed by atoms with Gasteiger partial charge >= 0.3 is 0 Å². The lowest BCUT2D eigenvalue weighted by molar-refractivity contribution is -0.0599. The predicted molar refractivity (Wildman–Crippen MR) is 145 cm³/mol. The van der Waals surface area contributed by atoms with Crippen molar-refractivity contribution in [3.8, 4) is 22.8 Å². The summed E-state index contributed by atoms with van der Waals surface area (Å²) in [5.41, 5.74) is 4.51. The topological polar surface area (TPSA) is 76.2 Å². The Morgan fingerprint density at radius 1 is 0.892 bits per heavy atom. The van der Waals surface area contributed by atoms with E-state index in [0.717, 1.165) is 27.5 Å². The monoisotopic (exact) mass is 507 g/mol. The highest BCUT2D eigenvalue weighted by Crippen LogP contribution is 2.27. The molecule has 3 heterocycles. The Balaban J connectivity index is 1.54. The number of halogens is 1. The summed E-state index contributed by atoms with van der Waals surface area (Å²) in [5, 5.41) is 16.5. The zero-order chi connectivity index (χ0) is 25.5. The summed E-state index contributed by atoms with van der Waals surface area (Å²) in [7, 11) is 0. The summed E-state index contributed by atoms with van der Waals surface area (Å²) in [4.78, 5) is 18.8. The quantitative estimate of drug-likeness (QED) is 0.328. The van der Waals surface area contributed by atoms with E-state index in [2.05, 4.69) is 5.10 Å². The number of rotatable bonds is 4. The Morgan fingerprint density at radius 2 is 1.59 bits per heavy atom. The molecule has 0 fully saturated rings. The largest absolute Gasteiger partial charge is 0.288 e. The molecule has 7 nitrogen and oxygen atoms in total. The van der Waals surface area contributed by atoms with Gasteiger partial charge in [-0.2, -0.15) is 5.10 Å². The van der Waals surface area contributed by atoms with E-state index < -0.39 is 0 Å². The fraction of sp³-hybridized carbons (Fsp3) is 0.0690. The van der Waals surface area contributed by atoms with Gasteiger partial charge in [0.1, 0.15) is 11.2 Å². The number of benzene rings is 3. The molecule has 0 spiro atoms. The highest BCUT2D eigenvalue weighted by molar-refractivity contribution is 6.30. The van der Waals surface area contributed by atoms with Crippen molar-refractivity contribution in [1.29, 1.82) is 0 Å². The van der Waals surface area contributed by atoms with E-state index in [1.807, 2.05) is 73.7 Å². The minimum Gasteiger partial charge on any atom is -0.288 e. The predicted octanol–water partition coefficient (Wildman–Crippen LogP) is 5.88. The molecule has 6 rings (SSSR count). The second-order valence-corrected chi connectivity index (χ2v) is 9.25. The molecule has 0 aliphatic carbocycles. The number of hydrogen-bond acceptors (Lipinski definition) is 5. The summed E-state index contributed by atoms with van der Waals surface area (Å²) in [6, 6.07) is 24.5. The molecule has 182 valence electrons. The van der Waals surface area contributed by atoms with Crippen LogP contribution in [0, 0.1) is 0 Å². The van der Waals surface area contributed by atoms with E-state index in [-0.39, 0.29) is 11.6 Å². The maximum atomic E-state index is 13.8. The highest BCUT2D eigenvalue weighted by atomic mass is 35.5. The van der Waals surface area contributed by atoms with Crippen molar-refractivity contribution >= 4 is 28.2 Å². The molecule has 1 atom stereocenters. The summed E-state index contributed by atoms with van der Waals surface area (Å²) < 4.78 is 3.27. The first kappa shape index (κ1) is 23.0. The molecule has 0 saturated carbocycles. The summed E-state index contributed by atoms with van der Waals surface area (Å²) >= 11 is 6.13. The van der Waals surface area contributed by atoms with E-state index >= 15 is 0 Å². The van der Waals surface area contributed by atoms with Crippen LogP contribution in [0.15, 0.2) is 108 Å². The summed E-state index contributed by atoms with van der Waals surface area (Å²) in [6.07, 6.45) is 7.06. The summed E-state index contributed by atoms with van der Waals surface area (Å²) in [6.45, 7) is 1.91. The van der Waals surface area contributed by atoms with Gasteiger partial charge in [-0.15, -0.1) is 0 Å². The smallest absolute Gasteiger partial charge is 0.269 e. The van der Waals surface area contributed by atoms with Crippen LogP contribution in [0.25, 0.3) is 39.4 Å². The van der Waals surface area contributed by atoms with E-state index in [4.69, 9.17) is 16.6 Å². The van der Waals surface area contributed by atoms with Crippen LogP contribution < -0.4 is 5.56 Å². The van der Waals surface area contributed by atoms with Crippen molar-refractivity contribution in [2.45, 2.75) is 13.0 Å². The number of hydroxylamine groups is 2. The Hall–Kier alpha value is -4.46. The second-order valence-electron chi connectivity index (χ2n) is 8.82. The third-order valence-electron chi connectivity index (χ3n) is 6.41. The first-order chi connectivity index (χ1) is 18.0. The number of allylic oxidation sites excluding steroid dienone is 2. The van der Waals surface area contributed by atoms with Crippen LogP contribution in [-0.4, -0.2) is 35.6 Å². The molecule has 1 aliphatic rings. The maximum absolute atomic E-state index is 13.8. The maximum Gasteiger partial charge on any atom is 0.269 e. The van der Waals surface area contributed by atoms with Gasteiger partial charge in [-0.05, 0) is 60.5 Å². The molecule has 2 aromatic heterocycles. The van der Waals surface area contributed by atoms with Gasteiger partial charge in [0, 0.05) is 16.8 Å². The van der Waals surface area contributed by atoms with Crippen molar-refractivity contribution in [1.82, 2.24) is 24.4 Å². The molecule has 8 heteroatoms. The van der Waals surface area contributed by atoms with Crippen molar-refractivity contribution < 1.29 is 5.21 Å². The molecule has 1 unspecified atom stereocenters. The number of hydrogen-bond donors (Lipinski definition) is 1. The number of para-hydroxylation sites is 1. The number of aromatic nitrogens is 4. The molecule has 0 bridgehead atoms. The van der Waals surface area contributed by atoms with Gasteiger partial charge in [0.25, 0.3) is 5.56 Å². The number of fused-ring (bicyclic) bond motifs is 1. The molecule has 1 aliphatic heterocycles. The minimum absolute atomic E-state index is 0.128. The van der Waals surface area contributed by atoms with Crippen LogP contribution in [0.3, 0.4) is 0 Å². The van der Waals surface area contributed by atoms with Crippen LogP contribution in [-0.2, 0) is 0 Å². The van der Waals surface area contributed by atoms with Crippen molar-refractivity contribution in [3.05, 3.63) is 124 Å². The van der Waals surface area contributed by atoms with Gasteiger partial charge in [0.2, 0.25) is 0 Å². The van der Waals surface area contributed by atoms with E-state index in [1.54, 1.807) is 45.9 Å². The van der Waals surface area contributed by atoms with Crippen molar-refractivity contribution in [2.24, 2.45) is 0 Å². The van der Waals surface area contributed by atoms with E-state index in [1.165, 1.54) is 0 Å². The van der Waals surface area contributed by atoms with Crippen LogP contribution in [0.2, 0.25) is 5.02 Å². The van der Waals surface area contributed by atoms with Crippen LogP contribution in [0.5, 0.6) is 0 Å². The zero-order valence-electron chi connectivity index (χ0n) is 19.9. The molecule has 5 aromatic rings. The molecule has 0 saturated heterocycles. The molecule has 1 N–H and O–H groups in total. The standard InChI is InChI=1S/C29H22ClN5O2/c1-19-17-22(15-16-33(19)37)20-7-9-21(10-8-20)27-32-28-26(18-31-35(28)25-5-3-2-4-6-25)29(36)34(27)24-13-11-23(30)12-14-24/h2-19,37H,1H3. The third-order valence-corrected chi connectivity index (χ3v) is 6.66. The normalized spacial score (nSPS) is 15.3. The SMILES string of the molecule is CC1C=C(c2ccc(-c3nc4c(cnn4-c4ccccc4)c(=O)n3-c3ccc(Cl)cc3)cc2)C=CN1O. The lowest BCUT2D eigenvalue weighted by atomic mass is 10.00. The average molecular weight is 508 g/mol. The van der Waals surface area contributed by atoms with Gasteiger partial charge in [-0.25, -0.2) is 9.67 Å². The lowest BCUT2D eigenvalue weighted by Crippen LogP contribution is -2.24. The molecule has 0 amide bonds. The first-order valence-electron chi connectivity index (χ1n) is 11.8. The lowest BCUT2D eigenvalue weighted by Gasteiger charge is -2.22. The molecule has 0 radical (unpaired) electrons. The summed E-state index contributed by atoms with van der Waals surface area (Å²) in [5.74, 6) is 0.493. The fourth-order valence-corrected chi connectivity index (χ4v) is 4.56.